The summed E-state index contributed by atoms with van der Waals surface area (Å²) in [7, 11) is -1.76. The number of hydrogen-bond donors (Lipinski definition) is 2. The molecular formula is C18H20N2O5S. The maximum Gasteiger partial charge on any atom is 0.235 e. The highest BCUT2D eigenvalue weighted by Gasteiger charge is 2.28. The predicted octanol–water partition coefficient (Wildman–Crippen LogP) is 2.12. The molecule has 2 aromatic carbocycles. The molecule has 7 nitrogen and oxygen atoms in total. The molecule has 3 rings (SSSR count). The van der Waals surface area contributed by atoms with Crippen LogP contribution in [0.25, 0.3) is 0 Å². The van der Waals surface area contributed by atoms with Gasteiger partial charge in [0.05, 0.1) is 30.7 Å². The molecule has 2 N–H and O–H groups in total. The van der Waals surface area contributed by atoms with Gasteiger partial charge in [0.2, 0.25) is 15.9 Å². The molecule has 8 heteroatoms. The summed E-state index contributed by atoms with van der Waals surface area (Å²) >= 11 is 0. The van der Waals surface area contributed by atoms with Crippen molar-refractivity contribution in [3.8, 4) is 11.5 Å². The second-order valence-electron chi connectivity index (χ2n) is 6.02. The molecule has 26 heavy (non-hydrogen) atoms. The number of benzene rings is 2. The first-order valence-electron chi connectivity index (χ1n) is 8.15. The summed E-state index contributed by atoms with van der Waals surface area (Å²) in [5.74, 6) is 0.374. The molecule has 0 unspecified atom stereocenters. The molecule has 2 aromatic rings. The standard InChI is InChI=1S/C18H20N2O5S/c1-25-15-6-3-13(4-7-15)11-18(22)19-16-12-14(5-8-17(16)21)20-9-2-10-26(20,23)24/h3-8,12,21H,2,9-11H2,1H3,(H,19,22). The fourth-order valence-electron chi connectivity index (χ4n) is 2.83. The Balaban J connectivity index is 1.74. The second kappa shape index (κ2) is 7.25. The van der Waals surface area contributed by atoms with Crippen molar-refractivity contribution in [2.24, 2.45) is 0 Å². The summed E-state index contributed by atoms with van der Waals surface area (Å²) in [6, 6.07) is 11.5. The number of carbonyl (C=O) groups is 1. The Labute approximate surface area is 152 Å². The number of hydrogen-bond acceptors (Lipinski definition) is 5. The largest absolute Gasteiger partial charge is 0.506 e. The van der Waals surface area contributed by atoms with Crippen molar-refractivity contribution in [3.05, 3.63) is 48.0 Å². The maximum absolute atomic E-state index is 12.3. The number of amides is 1. The fraction of sp³-hybridized carbons (Fsp3) is 0.278. The number of phenolic OH excluding ortho intramolecular Hbond substituents is 1. The first kappa shape index (κ1) is 18.1. The first-order valence-corrected chi connectivity index (χ1v) is 9.76. The molecule has 0 spiro atoms. The van der Waals surface area contributed by atoms with Crippen LogP contribution in [0.15, 0.2) is 42.5 Å². The van der Waals surface area contributed by atoms with Crippen LogP contribution in [0.1, 0.15) is 12.0 Å². The van der Waals surface area contributed by atoms with E-state index in [0.717, 1.165) is 5.56 Å². The molecule has 0 radical (unpaired) electrons. The highest BCUT2D eigenvalue weighted by molar-refractivity contribution is 7.93. The Bertz CT molecular complexity index is 910. The lowest BCUT2D eigenvalue weighted by Crippen LogP contribution is -2.25. The predicted molar refractivity (Wildman–Crippen MR) is 99.2 cm³/mol. The number of rotatable bonds is 5. The minimum atomic E-state index is -3.33. The van der Waals surface area contributed by atoms with E-state index < -0.39 is 10.0 Å². The number of sulfonamides is 1. The summed E-state index contributed by atoms with van der Waals surface area (Å²) in [4.78, 5) is 12.3. The maximum atomic E-state index is 12.3. The van der Waals surface area contributed by atoms with E-state index in [1.54, 1.807) is 31.4 Å². The summed E-state index contributed by atoms with van der Waals surface area (Å²) in [6.45, 7) is 0.395. The van der Waals surface area contributed by atoms with Gasteiger partial charge in [-0.1, -0.05) is 12.1 Å². The van der Waals surface area contributed by atoms with Gasteiger partial charge in [0.25, 0.3) is 0 Å². The smallest absolute Gasteiger partial charge is 0.235 e. The van der Waals surface area contributed by atoms with Gasteiger partial charge in [0, 0.05) is 6.54 Å². The molecule has 1 amide bonds. The molecule has 0 aromatic heterocycles. The molecular weight excluding hydrogens is 356 g/mol. The van der Waals surface area contributed by atoms with Gasteiger partial charge in [-0.05, 0) is 42.3 Å². The van der Waals surface area contributed by atoms with Crippen LogP contribution in [-0.4, -0.2) is 38.8 Å². The van der Waals surface area contributed by atoms with Gasteiger partial charge >= 0.3 is 0 Å². The highest BCUT2D eigenvalue weighted by atomic mass is 32.2. The van der Waals surface area contributed by atoms with Crippen molar-refractivity contribution in [3.63, 3.8) is 0 Å². The minimum Gasteiger partial charge on any atom is -0.506 e. The van der Waals surface area contributed by atoms with Crippen LogP contribution in [0.3, 0.4) is 0 Å². The number of nitrogens with one attached hydrogen (secondary N) is 1. The molecule has 1 saturated heterocycles. The second-order valence-corrected chi connectivity index (χ2v) is 8.03. The molecule has 1 fully saturated rings. The van der Waals surface area contributed by atoms with Crippen LogP contribution in [0.5, 0.6) is 11.5 Å². The highest BCUT2D eigenvalue weighted by Crippen LogP contribution is 2.32. The lowest BCUT2D eigenvalue weighted by atomic mass is 10.1. The van der Waals surface area contributed by atoms with Gasteiger partial charge < -0.3 is 15.2 Å². The van der Waals surface area contributed by atoms with Gasteiger partial charge in [-0.2, -0.15) is 0 Å². The summed E-state index contributed by atoms with van der Waals surface area (Å²) in [6.07, 6.45) is 0.679. The summed E-state index contributed by atoms with van der Waals surface area (Å²) in [5.41, 5.74) is 1.41. The topological polar surface area (TPSA) is 95.9 Å². The van der Waals surface area contributed by atoms with Crippen LogP contribution in [0.4, 0.5) is 11.4 Å². The van der Waals surface area contributed by atoms with E-state index in [9.17, 15) is 18.3 Å². The molecule has 1 heterocycles. The van der Waals surface area contributed by atoms with E-state index in [1.165, 1.54) is 22.5 Å². The zero-order valence-electron chi connectivity index (χ0n) is 14.3. The van der Waals surface area contributed by atoms with E-state index in [1.807, 2.05) is 0 Å². The monoisotopic (exact) mass is 376 g/mol. The average molecular weight is 376 g/mol. The van der Waals surface area contributed by atoms with Crippen molar-refractivity contribution in [2.45, 2.75) is 12.8 Å². The van der Waals surface area contributed by atoms with Gasteiger partial charge in [-0.3, -0.25) is 9.10 Å². The fourth-order valence-corrected chi connectivity index (χ4v) is 4.39. The van der Waals surface area contributed by atoms with Crippen LogP contribution in [0, 0.1) is 0 Å². The molecule has 0 aliphatic carbocycles. The summed E-state index contributed by atoms with van der Waals surface area (Å²) < 4.78 is 30.5. The van der Waals surface area contributed by atoms with Gasteiger partial charge in [-0.15, -0.1) is 0 Å². The number of anilines is 2. The Hall–Kier alpha value is -2.74. The molecule has 138 valence electrons. The number of phenols is 1. The number of ether oxygens (including phenoxy) is 1. The Morgan fingerprint density at radius 2 is 1.96 bits per heavy atom. The third kappa shape index (κ3) is 3.91. The Kier molecular flexibility index (Phi) is 5.03. The quantitative estimate of drug-likeness (QED) is 0.780. The number of carbonyl (C=O) groups excluding carboxylic acids is 1. The lowest BCUT2D eigenvalue weighted by Gasteiger charge is -2.18. The number of nitrogens with zero attached hydrogens (tertiary/aromatic N) is 1. The SMILES string of the molecule is COc1ccc(CC(=O)Nc2cc(N3CCCS3(=O)=O)ccc2O)cc1. The first-order chi connectivity index (χ1) is 12.4. The van der Waals surface area contributed by atoms with Crippen LogP contribution in [-0.2, 0) is 21.2 Å². The van der Waals surface area contributed by atoms with E-state index in [4.69, 9.17) is 4.74 Å². The lowest BCUT2D eigenvalue weighted by molar-refractivity contribution is -0.115. The van der Waals surface area contributed by atoms with E-state index >= 15 is 0 Å². The zero-order valence-corrected chi connectivity index (χ0v) is 15.1. The number of methoxy groups -OCH3 is 1. The van der Waals surface area contributed by atoms with Crippen molar-refractivity contribution in [1.82, 2.24) is 0 Å². The molecule has 0 bridgehead atoms. The Morgan fingerprint density at radius 1 is 1.23 bits per heavy atom. The van der Waals surface area contributed by atoms with Crippen molar-refractivity contribution >= 4 is 27.3 Å². The van der Waals surface area contributed by atoms with Crippen LogP contribution in [0.2, 0.25) is 0 Å². The zero-order chi connectivity index (χ0) is 18.7. The third-order valence-corrected chi connectivity index (χ3v) is 6.03. The van der Waals surface area contributed by atoms with Gasteiger partial charge in [0.1, 0.15) is 11.5 Å². The molecule has 0 atom stereocenters. The molecule has 1 aliphatic heterocycles. The minimum absolute atomic E-state index is 0.104. The van der Waals surface area contributed by atoms with E-state index in [2.05, 4.69) is 5.32 Å². The normalized spacial score (nSPS) is 15.7. The third-order valence-electron chi connectivity index (χ3n) is 4.17. The molecule has 1 aliphatic rings. The Morgan fingerprint density at radius 3 is 2.58 bits per heavy atom. The molecule has 0 saturated carbocycles. The van der Waals surface area contributed by atoms with Crippen molar-refractivity contribution in [2.75, 3.05) is 29.0 Å². The van der Waals surface area contributed by atoms with E-state index in [0.29, 0.717) is 24.4 Å². The van der Waals surface area contributed by atoms with Crippen LogP contribution >= 0.6 is 0 Å². The van der Waals surface area contributed by atoms with Crippen LogP contribution < -0.4 is 14.4 Å². The van der Waals surface area contributed by atoms with Gasteiger partial charge in [0.15, 0.2) is 0 Å². The number of aromatic hydroxyl groups is 1. The van der Waals surface area contributed by atoms with Gasteiger partial charge in [-0.25, -0.2) is 8.42 Å². The van der Waals surface area contributed by atoms with Crippen molar-refractivity contribution in [1.29, 1.82) is 0 Å². The van der Waals surface area contributed by atoms with Crippen molar-refractivity contribution < 1.29 is 23.1 Å². The average Bonchev–Trinajstić information content (AvgIpc) is 2.97. The van der Waals surface area contributed by atoms with E-state index in [-0.39, 0.29) is 29.5 Å². The summed E-state index contributed by atoms with van der Waals surface area (Å²) in [5, 5.41) is 12.6.